The highest BCUT2D eigenvalue weighted by Gasteiger charge is 2.21. The molecular weight excluding hydrogens is 208 g/mol. The van der Waals surface area contributed by atoms with Crippen LogP contribution in [0.15, 0.2) is 47.1 Å². The molecule has 0 aliphatic heterocycles. The molecule has 2 aromatic rings. The van der Waals surface area contributed by atoms with Gasteiger partial charge in [0, 0.05) is 5.56 Å². The first-order valence-electron chi connectivity index (χ1n) is 4.60. The van der Waals surface area contributed by atoms with Crippen LogP contribution >= 0.6 is 0 Å². The molecular formula is C12H8O4. The molecule has 0 aliphatic carbocycles. The van der Waals surface area contributed by atoms with E-state index in [1.165, 1.54) is 12.3 Å². The van der Waals surface area contributed by atoms with Crippen LogP contribution in [0.2, 0.25) is 0 Å². The van der Waals surface area contributed by atoms with Gasteiger partial charge in [-0.05, 0) is 6.07 Å². The summed E-state index contributed by atoms with van der Waals surface area (Å²) in [6.45, 7) is 0. The van der Waals surface area contributed by atoms with Crippen LogP contribution in [0.4, 0.5) is 0 Å². The number of benzene rings is 1. The second kappa shape index (κ2) is 4.02. The van der Waals surface area contributed by atoms with E-state index in [4.69, 9.17) is 9.52 Å². The molecule has 4 heteroatoms. The average Bonchev–Trinajstić information content (AvgIpc) is 2.78. The van der Waals surface area contributed by atoms with Crippen LogP contribution in [0, 0.1) is 0 Å². The topological polar surface area (TPSA) is 67.5 Å². The van der Waals surface area contributed by atoms with E-state index in [-0.39, 0.29) is 11.3 Å². The van der Waals surface area contributed by atoms with Crippen molar-refractivity contribution in [2.75, 3.05) is 0 Å². The monoisotopic (exact) mass is 216 g/mol. The van der Waals surface area contributed by atoms with E-state index in [1.807, 2.05) is 0 Å². The third-order valence-electron chi connectivity index (χ3n) is 2.14. The molecule has 0 spiro atoms. The second-order valence-electron chi connectivity index (χ2n) is 3.16. The molecule has 0 aliphatic rings. The molecule has 1 aromatic heterocycles. The van der Waals surface area contributed by atoms with Gasteiger partial charge >= 0.3 is 5.97 Å². The van der Waals surface area contributed by atoms with Crippen molar-refractivity contribution in [1.29, 1.82) is 0 Å². The number of ketones is 1. The van der Waals surface area contributed by atoms with Crippen LogP contribution in [0.25, 0.3) is 0 Å². The molecule has 0 saturated heterocycles. The maximum absolute atomic E-state index is 11.9. The van der Waals surface area contributed by atoms with Crippen molar-refractivity contribution in [1.82, 2.24) is 0 Å². The van der Waals surface area contributed by atoms with Gasteiger partial charge in [0.05, 0.1) is 6.26 Å². The Morgan fingerprint density at radius 3 is 2.38 bits per heavy atom. The first-order chi connectivity index (χ1) is 7.70. The lowest BCUT2D eigenvalue weighted by molar-refractivity contribution is 0.0690. The number of carbonyl (C=O) groups excluding carboxylic acids is 1. The van der Waals surface area contributed by atoms with Crippen LogP contribution in [0.5, 0.6) is 0 Å². The number of hydrogen-bond donors (Lipinski definition) is 1. The molecule has 16 heavy (non-hydrogen) atoms. The summed E-state index contributed by atoms with van der Waals surface area (Å²) in [5.74, 6) is -1.74. The van der Waals surface area contributed by atoms with Gasteiger partial charge in [-0.2, -0.15) is 0 Å². The molecule has 2 rings (SSSR count). The van der Waals surface area contributed by atoms with E-state index in [1.54, 1.807) is 30.3 Å². The Morgan fingerprint density at radius 2 is 1.75 bits per heavy atom. The molecule has 0 unspecified atom stereocenters. The third kappa shape index (κ3) is 1.72. The van der Waals surface area contributed by atoms with Crippen molar-refractivity contribution < 1.29 is 19.1 Å². The fourth-order valence-corrected chi connectivity index (χ4v) is 1.37. The predicted molar refractivity (Wildman–Crippen MR) is 55.5 cm³/mol. The SMILES string of the molecule is O=C(O)c1ccoc1C(=O)c1ccccc1. The lowest BCUT2D eigenvalue weighted by atomic mass is 10.1. The predicted octanol–water partition coefficient (Wildman–Crippen LogP) is 2.21. The Kier molecular flexibility index (Phi) is 2.55. The van der Waals surface area contributed by atoms with E-state index < -0.39 is 11.8 Å². The molecule has 4 nitrogen and oxygen atoms in total. The van der Waals surface area contributed by atoms with Gasteiger partial charge in [-0.15, -0.1) is 0 Å². The van der Waals surface area contributed by atoms with Gasteiger partial charge in [0.15, 0.2) is 5.76 Å². The third-order valence-corrected chi connectivity index (χ3v) is 2.14. The summed E-state index contributed by atoms with van der Waals surface area (Å²) in [5.41, 5.74) is 0.286. The number of aromatic carboxylic acids is 1. The van der Waals surface area contributed by atoms with Gasteiger partial charge < -0.3 is 9.52 Å². The van der Waals surface area contributed by atoms with Crippen molar-refractivity contribution in [3.8, 4) is 0 Å². The minimum Gasteiger partial charge on any atom is -0.478 e. The smallest absolute Gasteiger partial charge is 0.339 e. The Balaban J connectivity index is 2.42. The summed E-state index contributed by atoms with van der Waals surface area (Å²) in [7, 11) is 0. The normalized spacial score (nSPS) is 10.0. The van der Waals surface area contributed by atoms with E-state index in [9.17, 15) is 9.59 Å². The molecule has 0 fully saturated rings. The average molecular weight is 216 g/mol. The number of carboxylic acids is 1. The largest absolute Gasteiger partial charge is 0.478 e. The zero-order chi connectivity index (χ0) is 11.5. The lowest BCUT2D eigenvalue weighted by Gasteiger charge is -1.98. The zero-order valence-electron chi connectivity index (χ0n) is 8.21. The van der Waals surface area contributed by atoms with E-state index >= 15 is 0 Å². The van der Waals surface area contributed by atoms with Gasteiger partial charge in [0.2, 0.25) is 5.78 Å². The first-order valence-corrected chi connectivity index (χ1v) is 4.60. The fraction of sp³-hybridized carbons (Fsp3) is 0. The van der Waals surface area contributed by atoms with Crippen molar-refractivity contribution in [3.05, 3.63) is 59.5 Å². The Hall–Kier alpha value is -2.36. The number of rotatable bonds is 3. The Bertz CT molecular complexity index is 525. The van der Waals surface area contributed by atoms with Crippen LogP contribution in [0.3, 0.4) is 0 Å². The van der Waals surface area contributed by atoms with Gasteiger partial charge in [0.1, 0.15) is 5.56 Å². The summed E-state index contributed by atoms with van der Waals surface area (Å²) in [5, 5.41) is 8.84. The van der Waals surface area contributed by atoms with E-state index in [2.05, 4.69) is 0 Å². The van der Waals surface area contributed by atoms with E-state index in [0.717, 1.165) is 0 Å². The van der Waals surface area contributed by atoms with Gasteiger partial charge in [-0.1, -0.05) is 30.3 Å². The molecule has 0 atom stereocenters. The lowest BCUT2D eigenvalue weighted by Crippen LogP contribution is -2.06. The molecule has 1 aromatic carbocycles. The molecule has 0 saturated carbocycles. The standard InChI is InChI=1S/C12H8O4/c13-10(8-4-2-1-3-5-8)11-9(12(14)15)6-7-16-11/h1-7H,(H,14,15). The quantitative estimate of drug-likeness (QED) is 0.798. The van der Waals surface area contributed by atoms with Crippen LogP contribution in [0.1, 0.15) is 26.5 Å². The molecule has 1 N–H and O–H groups in total. The molecule has 80 valence electrons. The van der Waals surface area contributed by atoms with Gasteiger partial charge in [-0.3, -0.25) is 4.79 Å². The van der Waals surface area contributed by atoms with E-state index in [0.29, 0.717) is 5.56 Å². The highest BCUT2D eigenvalue weighted by atomic mass is 16.4. The molecule has 0 bridgehead atoms. The Morgan fingerprint density at radius 1 is 1.06 bits per heavy atom. The summed E-state index contributed by atoms with van der Waals surface area (Å²) in [6, 6.07) is 9.66. The maximum Gasteiger partial charge on any atom is 0.339 e. The number of carbonyl (C=O) groups is 2. The van der Waals surface area contributed by atoms with Crippen molar-refractivity contribution in [2.45, 2.75) is 0 Å². The highest BCUT2D eigenvalue weighted by molar-refractivity contribution is 6.12. The van der Waals surface area contributed by atoms with Crippen molar-refractivity contribution in [2.24, 2.45) is 0 Å². The second-order valence-corrected chi connectivity index (χ2v) is 3.16. The number of carboxylic acid groups (broad SMARTS) is 1. The minimum atomic E-state index is -1.17. The van der Waals surface area contributed by atoms with Crippen molar-refractivity contribution >= 4 is 11.8 Å². The number of hydrogen-bond acceptors (Lipinski definition) is 3. The maximum atomic E-state index is 11.9. The molecule has 1 heterocycles. The van der Waals surface area contributed by atoms with Crippen molar-refractivity contribution in [3.63, 3.8) is 0 Å². The fourth-order valence-electron chi connectivity index (χ4n) is 1.37. The van der Waals surface area contributed by atoms with Crippen LogP contribution in [-0.2, 0) is 0 Å². The summed E-state index contributed by atoms with van der Waals surface area (Å²) >= 11 is 0. The number of furan rings is 1. The molecule has 0 amide bonds. The van der Waals surface area contributed by atoms with Crippen LogP contribution < -0.4 is 0 Å². The summed E-state index contributed by atoms with van der Waals surface area (Å²) in [4.78, 5) is 22.7. The molecule has 0 radical (unpaired) electrons. The zero-order valence-corrected chi connectivity index (χ0v) is 8.21. The Labute approximate surface area is 91.1 Å². The van der Waals surface area contributed by atoms with Crippen LogP contribution in [-0.4, -0.2) is 16.9 Å². The van der Waals surface area contributed by atoms with Gasteiger partial charge in [0.25, 0.3) is 0 Å². The summed E-state index contributed by atoms with van der Waals surface area (Å²) < 4.78 is 4.91. The first kappa shape index (κ1) is 10.2. The summed E-state index contributed by atoms with van der Waals surface area (Å²) in [6.07, 6.45) is 1.19. The highest BCUT2D eigenvalue weighted by Crippen LogP contribution is 2.15. The minimum absolute atomic E-state index is 0.117. The van der Waals surface area contributed by atoms with Gasteiger partial charge in [-0.25, -0.2) is 4.79 Å².